The Morgan fingerprint density at radius 1 is 1.21 bits per heavy atom. The molecule has 2 aromatic rings. The van der Waals surface area contributed by atoms with Crippen molar-refractivity contribution in [2.45, 2.75) is 64.8 Å². The second-order valence-corrected chi connectivity index (χ2v) is 10.4. The fourth-order valence-electron chi connectivity index (χ4n) is 4.01. The Morgan fingerprint density at radius 2 is 2.03 bits per heavy atom. The topological polar surface area (TPSA) is 76.9 Å². The smallest absolute Gasteiger partial charge is 0.267 e. The van der Waals surface area contributed by atoms with E-state index in [0.29, 0.717) is 27.6 Å². The van der Waals surface area contributed by atoms with Crippen LogP contribution >= 0.6 is 23.1 Å². The summed E-state index contributed by atoms with van der Waals surface area (Å²) in [6, 6.07) is 5.96. The van der Waals surface area contributed by atoms with Crippen LogP contribution in [0.15, 0.2) is 28.1 Å². The highest BCUT2D eigenvalue weighted by molar-refractivity contribution is 8.18. The number of aryl methyl sites for hydroxylation is 1. The van der Waals surface area contributed by atoms with Crippen LogP contribution in [-0.2, 0) is 4.79 Å². The Balaban J connectivity index is 1.61. The summed E-state index contributed by atoms with van der Waals surface area (Å²) in [5, 5.41) is 10.3. The lowest BCUT2D eigenvalue weighted by molar-refractivity contribution is -0.124. The number of carbonyl (C=O) groups is 1. The first-order valence-electron chi connectivity index (χ1n) is 11.5. The Kier molecular flexibility index (Phi) is 8.03. The number of unbranched alkanes of at least 4 members (excludes halogenated alkanes) is 1. The van der Waals surface area contributed by atoms with Crippen LogP contribution < -0.4 is 9.47 Å². The van der Waals surface area contributed by atoms with Crippen LogP contribution in [0.25, 0.3) is 6.08 Å². The molecule has 0 radical (unpaired) electrons. The highest BCUT2D eigenvalue weighted by atomic mass is 32.2. The maximum absolute atomic E-state index is 13.5. The summed E-state index contributed by atoms with van der Waals surface area (Å²) in [6.45, 7) is 4.69. The molecule has 2 aliphatic rings. The average molecular weight is 487 g/mol. The summed E-state index contributed by atoms with van der Waals surface area (Å²) in [7, 11) is 1.63. The van der Waals surface area contributed by atoms with Crippen molar-refractivity contribution in [3.63, 3.8) is 0 Å². The molecule has 0 bridgehead atoms. The van der Waals surface area contributed by atoms with Gasteiger partial charge in [0, 0.05) is 6.04 Å². The molecule has 33 heavy (non-hydrogen) atoms. The lowest BCUT2D eigenvalue weighted by Gasteiger charge is -2.30. The molecule has 176 valence electrons. The lowest BCUT2D eigenvalue weighted by atomic mass is 9.94. The largest absolute Gasteiger partial charge is 0.493 e. The van der Waals surface area contributed by atoms with Gasteiger partial charge in [-0.05, 0) is 61.7 Å². The van der Waals surface area contributed by atoms with Gasteiger partial charge < -0.3 is 9.47 Å². The number of aromatic nitrogens is 2. The molecule has 0 spiro atoms. The summed E-state index contributed by atoms with van der Waals surface area (Å²) in [5.41, 5.74) is 0.891. The number of nitrogens with zero attached hydrogens (tertiary/aromatic N) is 4. The third kappa shape index (κ3) is 5.76. The first kappa shape index (κ1) is 23.8. The molecule has 0 N–H and O–H groups in total. The number of aliphatic imine (C=N–C) groups is 1. The van der Waals surface area contributed by atoms with E-state index in [-0.39, 0.29) is 11.9 Å². The quantitative estimate of drug-likeness (QED) is 0.338. The fourth-order valence-corrected chi connectivity index (χ4v) is 5.67. The molecule has 1 aliphatic heterocycles. The van der Waals surface area contributed by atoms with Gasteiger partial charge in [-0.1, -0.05) is 50.0 Å². The second-order valence-electron chi connectivity index (χ2n) is 8.19. The van der Waals surface area contributed by atoms with Gasteiger partial charge in [0.1, 0.15) is 5.01 Å². The molecule has 0 atom stereocenters. The number of hydrogen-bond donors (Lipinski definition) is 0. The molecule has 7 nitrogen and oxygen atoms in total. The standard InChI is InChI=1S/C24H30N4O3S2/c1-4-5-13-31-19-12-11-17(14-20(19)30-3)15-21-22(29)28(18-9-7-6-8-10-18)24(33-21)25-23-27-26-16(2)32-23/h11-12,14-15,18H,4-10,13H2,1-3H3/b21-15-,25-24+. The van der Waals surface area contributed by atoms with Gasteiger partial charge in [0.2, 0.25) is 5.13 Å². The number of amidine groups is 1. The van der Waals surface area contributed by atoms with Gasteiger partial charge >= 0.3 is 0 Å². The third-order valence-corrected chi connectivity index (χ3v) is 7.44. The summed E-state index contributed by atoms with van der Waals surface area (Å²) in [4.78, 5) is 20.7. The number of ether oxygens (including phenoxy) is 2. The molecule has 2 fully saturated rings. The SMILES string of the molecule is CCCCOc1ccc(/C=C2\S/C(=N/c3nnc(C)s3)N(C3CCCCC3)C2=O)cc1OC. The van der Waals surface area contributed by atoms with Crippen LogP contribution in [0.4, 0.5) is 5.13 Å². The number of amides is 1. The molecular weight excluding hydrogens is 456 g/mol. The second kappa shape index (κ2) is 11.2. The number of hydrogen-bond acceptors (Lipinski definition) is 8. The Bertz CT molecular complexity index is 1040. The highest BCUT2D eigenvalue weighted by Gasteiger charge is 2.39. The van der Waals surface area contributed by atoms with Gasteiger partial charge in [0.05, 0.1) is 18.6 Å². The molecule has 9 heteroatoms. The minimum Gasteiger partial charge on any atom is -0.493 e. The Morgan fingerprint density at radius 3 is 2.73 bits per heavy atom. The molecule has 1 saturated carbocycles. The fraction of sp³-hybridized carbons (Fsp3) is 0.500. The zero-order valence-corrected chi connectivity index (χ0v) is 21.0. The van der Waals surface area contributed by atoms with Gasteiger partial charge in [-0.25, -0.2) is 0 Å². The van der Waals surface area contributed by atoms with Gasteiger partial charge in [-0.3, -0.25) is 9.69 Å². The molecule has 1 aromatic heterocycles. The number of thioether (sulfide) groups is 1. The van der Waals surface area contributed by atoms with Crippen LogP contribution in [0.1, 0.15) is 62.4 Å². The Hall–Kier alpha value is -2.39. The number of benzene rings is 1. The van der Waals surface area contributed by atoms with Crippen molar-refractivity contribution in [2.24, 2.45) is 4.99 Å². The first-order chi connectivity index (χ1) is 16.1. The van der Waals surface area contributed by atoms with Crippen molar-refractivity contribution in [1.82, 2.24) is 15.1 Å². The van der Waals surface area contributed by atoms with Crippen molar-refractivity contribution in [3.05, 3.63) is 33.7 Å². The van der Waals surface area contributed by atoms with Gasteiger partial charge in [-0.15, -0.1) is 10.2 Å². The van der Waals surface area contributed by atoms with Crippen LogP contribution in [-0.4, -0.2) is 45.9 Å². The van der Waals surface area contributed by atoms with E-state index in [1.54, 1.807) is 7.11 Å². The van der Waals surface area contributed by atoms with Crippen LogP contribution in [0.5, 0.6) is 11.5 Å². The lowest BCUT2D eigenvalue weighted by Crippen LogP contribution is -2.40. The van der Waals surface area contributed by atoms with E-state index in [4.69, 9.17) is 14.5 Å². The van der Waals surface area contributed by atoms with E-state index < -0.39 is 0 Å². The highest BCUT2D eigenvalue weighted by Crippen LogP contribution is 2.39. The molecular formula is C24H30N4O3S2. The van der Waals surface area contributed by atoms with Crippen LogP contribution in [0.3, 0.4) is 0 Å². The molecule has 4 rings (SSSR count). The zero-order chi connectivity index (χ0) is 23.2. The predicted molar refractivity (Wildman–Crippen MR) is 134 cm³/mol. The van der Waals surface area contributed by atoms with Gasteiger partial charge in [-0.2, -0.15) is 4.99 Å². The van der Waals surface area contributed by atoms with E-state index in [1.165, 1.54) is 29.5 Å². The normalized spacial score (nSPS) is 19.6. The van der Waals surface area contributed by atoms with E-state index in [0.717, 1.165) is 54.8 Å². The van der Waals surface area contributed by atoms with Crippen molar-refractivity contribution < 1.29 is 14.3 Å². The van der Waals surface area contributed by atoms with Gasteiger partial charge in [0.15, 0.2) is 16.7 Å². The average Bonchev–Trinajstić information content (AvgIpc) is 3.37. The van der Waals surface area contributed by atoms with E-state index in [9.17, 15) is 4.79 Å². The number of carbonyl (C=O) groups excluding carboxylic acids is 1. The maximum Gasteiger partial charge on any atom is 0.267 e. The molecule has 2 heterocycles. The van der Waals surface area contributed by atoms with Crippen molar-refractivity contribution >= 4 is 45.4 Å². The molecule has 0 unspecified atom stereocenters. The molecule has 1 amide bonds. The van der Waals surface area contributed by atoms with Crippen molar-refractivity contribution in [2.75, 3.05) is 13.7 Å². The van der Waals surface area contributed by atoms with Crippen molar-refractivity contribution in [1.29, 1.82) is 0 Å². The molecule has 1 aromatic carbocycles. The predicted octanol–water partition coefficient (Wildman–Crippen LogP) is 5.97. The minimum atomic E-state index is 0.00845. The van der Waals surface area contributed by atoms with Crippen LogP contribution in [0.2, 0.25) is 0 Å². The van der Waals surface area contributed by atoms with E-state index >= 15 is 0 Å². The summed E-state index contributed by atoms with van der Waals surface area (Å²) >= 11 is 2.84. The van der Waals surface area contributed by atoms with E-state index in [1.807, 2.05) is 36.1 Å². The number of methoxy groups -OCH3 is 1. The van der Waals surface area contributed by atoms with E-state index in [2.05, 4.69) is 17.1 Å². The summed E-state index contributed by atoms with van der Waals surface area (Å²) < 4.78 is 11.4. The van der Waals surface area contributed by atoms with Gasteiger partial charge in [0.25, 0.3) is 5.91 Å². The third-order valence-electron chi connectivity index (χ3n) is 5.72. The summed E-state index contributed by atoms with van der Waals surface area (Å²) in [6.07, 6.45) is 9.49. The van der Waals surface area contributed by atoms with Crippen molar-refractivity contribution in [3.8, 4) is 11.5 Å². The molecule has 1 aliphatic carbocycles. The molecule has 1 saturated heterocycles. The Labute approximate surface area is 203 Å². The zero-order valence-electron chi connectivity index (χ0n) is 19.4. The van der Waals surface area contributed by atoms with Crippen LogP contribution in [0, 0.1) is 6.92 Å². The number of rotatable bonds is 8. The minimum absolute atomic E-state index is 0.00845. The first-order valence-corrected chi connectivity index (χ1v) is 13.1. The summed E-state index contributed by atoms with van der Waals surface area (Å²) in [5.74, 6) is 1.39. The monoisotopic (exact) mass is 486 g/mol. The maximum atomic E-state index is 13.5.